The van der Waals surface area contributed by atoms with Crippen molar-refractivity contribution in [3.05, 3.63) is 102 Å². The molecule has 2 atom stereocenters. The summed E-state index contributed by atoms with van der Waals surface area (Å²) in [5.41, 5.74) is 8.24. The van der Waals surface area contributed by atoms with Gasteiger partial charge in [0.25, 0.3) is 0 Å². The second kappa shape index (κ2) is 13.8. The number of nitrogens with zero attached hydrogens (tertiary/aromatic N) is 1. The van der Waals surface area contributed by atoms with E-state index in [0.717, 1.165) is 29.8 Å². The molecule has 3 aromatic rings. The first-order chi connectivity index (χ1) is 17.1. The zero-order chi connectivity index (χ0) is 27.0. The minimum atomic E-state index is 0.149. The fourth-order valence-electron chi connectivity index (χ4n) is 4.42. The summed E-state index contributed by atoms with van der Waals surface area (Å²) in [6, 6.07) is 20.0. The van der Waals surface area contributed by atoms with Gasteiger partial charge < -0.3 is 4.90 Å². The predicted octanol–water partition coefficient (Wildman–Crippen LogP) is 7.59. The van der Waals surface area contributed by atoms with Crippen LogP contribution in [0, 0.1) is 6.92 Å². The Hall–Kier alpha value is -2.44. The van der Waals surface area contributed by atoms with Crippen molar-refractivity contribution in [2.24, 2.45) is 0 Å². The fourth-order valence-corrected chi connectivity index (χ4v) is 5.06. The maximum Gasteiger partial charge on any atom is -0.0683 e. The number of hydrogen-bond acceptors (Lipinski definition) is 2. The molecule has 0 aromatic heterocycles. The van der Waals surface area contributed by atoms with Crippen LogP contribution in [0.1, 0.15) is 68.7 Å². The van der Waals surface area contributed by atoms with E-state index >= 15 is 0 Å². The Morgan fingerprint density at radius 3 is 2.08 bits per heavy atom. The number of allylic oxidation sites excluding steroid dienone is 1. The topological polar surface area (TPSA) is 15.3 Å². The Labute approximate surface area is 233 Å². The van der Waals surface area contributed by atoms with Gasteiger partial charge in [-0.05, 0) is 6.42 Å². The van der Waals surface area contributed by atoms with Crippen molar-refractivity contribution < 1.29 is 0 Å². The molecule has 0 bridgehead atoms. The van der Waals surface area contributed by atoms with E-state index in [1.165, 1.54) is 36.5 Å². The molecule has 0 amide bonds. The molecular weight excluding hydrogens is 546 g/mol. The van der Waals surface area contributed by atoms with Crippen LogP contribution in [0.2, 0.25) is 0 Å². The molecule has 0 aliphatic carbocycles. The van der Waals surface area contributed by atoms with E-state index in [9.17, 15) is 0 Å². The summed E-state index contributed by atoms with van der Waals surface area (Å²) in [5, 5.41) is 6.03. The van der Waals surface area contributed by atoms with Crippen LogP contribution in [-0.4, -0.2) is 48.1 Å². The van der Waals surface area contributed by atoms with Gasteiger partial charge in [-0.1, -0.05) is 27.4 Å². The third-order valence-corrected chi connectivity index (χ3v) is 8.09. The van der Waals surface area contributed by atoms with Crippen molar-refractivity contribution in [3.63, 3.8) is 0 Å². The van der Waals surface area contributed by atoms with Crippen LogP contribution in [0.4, 0.5) is 0 Å². The first-order valence-corrected chi connectivity index (χ1v) is 14.2. The van der Waals surface area contributed by atoms with E-state index in [2.05, 4.69) is 105 Å². The summed E-state index contributed by atoms with van der Waals surface area (Å²) in [6.45, 7) is 23.8. The molecule has 0 saturated carbocycles. The second-order valence-electron chi connectivity index (χ2n) is 9.43. The number of benzene rings is 3. The van der Waals surface area contributed by atoms with Crippen LogP contribution in [0.25, 0.3) is 22.0 Å². The molecule has 0 saturated heterocycles. The van der Waals surface area contributed by atoms with E-state index < -0.39 is 0 Å². The van der Waals surface area contributed by atoms with Crippen molar-refractivity contribution in [3.8, 4) is 0 Å². The van der Waals surface area contributed by atoms with Gasteiger partial charge in [-0.15, -0.1) is 0 Å². The van der Waals surface area contributed by atoms with Crippen LogP contribution in [0.3, 0.4) is 0 Å². The van der Waals surface area contributed by atoms with Gasteiger partial charge in [0.2, 0.25) is 0 Å². The van der Waals surface area contributed by atoms with Gasteiger partial charge in [-0.25, -0.2) is 0 Å². The maximum atomic E-state index is 4.51. The van der Waals surface area contributed by atoms with Crippen LogP contribution < -0.4 is 8.83 Å². The number of likely N-dealkylation sites (N-methyl/N-ethyl adjacent to an activating group) is 1. The molecule has 0 aliphatic rings. The van der Waals surface area contributed by atoms with Crippen LogP contribution in [0.5, 0.6) is 0 Å². The maximum absolute atomic E-state index is 4.51. The van der Waals surface area contributed by atoms with Gasteiger partial charge in [0.05, 0.1) is 6.04 Å². The molecule has 0 fully saturated rings. The Morgan fingerprint density at radius 2 is 1.53 bits per heavy atom. The van der Waals surface area contributed by atoms with Crippen LogP contribution >= 0.6 is 0 Å². The summed E-state index contributed by atoms with van der Waals surface area (Å²) >= 11 is 1.79. The monoisotopic (exact) mass is 588 g/mol. The van der Waals surface area contributed by atoms with Gasteiger partial charge in [0, 0.05) is 19.8 Å². The number of rotatable bonds is 10. The number of aryl methyl sites for hydroxylation is 1. The summed E-state index contributed by atoms with van der Waals surface area (Å²) in [4.78, 5) is 2.07. The number of nitrogens with one attached hydrogen (secondary N) is 1. The molecular formula is C33H43N2Sb. The van der Waals surface area contributed by atoms with Crippen molar-refractivity contribution >= 4 is 48.6 Å². The standard InChI is InChI=1S/C31H37N2.C2H6.Sb/c1-9-31(25(6)33(7)8)32-24(5)28-19-18-27(29-12-10-11-13-30(28)29)23(4)20-22(3)26-16-14-21(2)15-17-26;1-2;/h10-14,16-19,22,31-32H,4-6,9,20H2,1-3,7-8H3;1-2H3;. The van der Waals surface area contributed by atoms with Gasteiger partial charge in [-0.3, -0.25) is 0 Å². The number of fused-ring (bicyclic) bond motifs is 1. The second-order valence-corrected chi connectivity index (χ2v) is 10.8. The molecule has 3 aromatic carbocycles. The Bertz CT molecular complexity index is 1220. The van der Waals surface area contributed by atoms with E-state index in [-0.39, 0.29) is 6.04 Å². The van der Waals surface area contributed by atoms with Crippen molar-refractivity contribution in [2.45, 2.75) is 59.4 Å². The molecule has 3 heteroatoms. The molecule has 36 heavy (non-hydrogen) atoms. The quantitative estimate of drug-likeness (QED) is 0.245. The predicted molar refractivity (Wildman–Crippen MR) is 163 cm³/mol. The van der Waals surface area contributed by atoms with Crippen molar-refractivity contribution in [1.82, 2.24) is 10.2 Å². The zero-order valence-electron chi connectivity index (χ0n) is 23.3. The van der Waals surface area contributed by atoms with Gasteiger partial charge >= 0.3 is 170 Å². The summed E-state index contributed by atoms with van der Waals surface area (Å²) in [5.74, 6) is 0.415. The molecule has 0 aliphatic heterocycles. The molecule has 190 valence electrons. The molecule has 2 unspecified atom stereocenters. The van der Waals surface area contributed by atoms with Gasteiger partial charge in [-0.2, -0.15) is 0 Å². The SMILES string of the molecule is C=C(CC(C)c1ccc(C)[c]([Sb])c1)c1ccc(C(=C)NC(CC)C(=C)N(C)C)c2ccccc12.CC. The largest absolute Gasteiger partial charge is 0.0683 e. The molecule has 0 heterocycles. The first-order valence-electron chi connectivity index (χ1n) is 12.9. The third kappa shape index (κ3) is 7.07. The fraction of sp³-hybridized carbons (Fsp3) is 0.333. The summed E-state index contributed by atoms with van der Waals surface area (Å²) in [7, 11) is 4.07. The molecule has 2 radical (unpaired) electrons. The van der Waals surface area contributed by atoms with E-state index in [1.54, 1.807) is 23.0 Å². The van der Waals surface area contributed by atoms with Crippen molar-refractivity contribution in [2.75, 3.05) is 14.1 Å². The normalized spacial score (nSPS) is 12.2. The van der Waals surface area contributed by atoms with Gasteiger partial charge in [0.1, 0.15) is 0 Å². The Balaban J connectivity index is 0.00000222. The summed E-state index contributed by atoms with van der Waals surface area (Å²) < 4.78 is 1.40. The van der Waals surface area contributed by atoms with Gasteiger partial charge in [0.15, 0.2) is 0 Å². The van der Waals surface area contributed by atoms with E-state index in [0.29, 0.717) is 5.92 Å². The third-order valence-electron chi connectivity index (χ3n) is 6.72. The minimum Gasteiger partial charge on any atom is -0.0683 e. The minimum absolute atomic E-state index is 0.149. The average Bonchev–Trinajstić information content (AvgIpc) is 2.88. The summed E-state index contributed by atoms with van der Waals surface area (Å²) in [6.07, 6.45) is 1.87. The Morgan fingerprint density at radius 1 is 0.944 bits per heavy atom. The molecule has 3 rings (SSSR count). The number of hydrogen-bond donors (Lipinski definition) is 1. The first kappa shape index (κ1) is 29.8. The molecule has 0 spiro atoms. The molecule has 2 nitrogen and oxygen atoms in total. The van der Waals surface area contributed by atoms with Crippen LogP contribution in [0.15, 0.2) is 80.0 Å². The van der Waals surface area contributed by atoms with Crippen LogP contribution in [-0.2, 0) is 0 Å². The smallest absolute Gasteiger partial charge is 0.0683 e. The zero-order valence-corrected chi connectivity index (χ0v) is 25.8. The molecule has 1 N–H and O–H groups in total. The Kier molecular flexibility index (Phi) is 11.4. The van der Waals surface area contributed by atoms with E-state index in [1.807, 2.05) is 27.9 Å². The van der Waals surface area contributed by atoms with E-state index in [4.69, 9.17) is 0 Å². The average molecular weight is 589 g/mol. The van der Waals surface area contributed by atoms with Crippen molar-refractivity contribution in [1.29, 1.82) is 0 Å².